The molecule has 1 rings (SSSR count). The lowest BCUT2D eigenvalue weighted by atomic mass is 10.1. The van der Waals surface area contributed by atoms with E-state index in [-0.39, 0.29) is 6.61 Å². The van der Waals surface area contributed by atoms with Crippen LogP contribution in [0, 0.1) is 6.92 Å². The smallest absolute Gasteiger partial charge is 0.239 e. The average Bonchev–Trinajstić information content (AvgIpc) is 2.16. The summed E-state index contributed by atoms with van der Waals surface area (Å²) in [6.07, 6.45) is 0. The molecule has 0 saturated carbocycles. The second-order valence-corrected chi connectivity index (χ2v) is 4.03. The maximum atomic E-state index is 9.10. The van der Waals surface area contributed by atoms with E-state index < -0.39 is 5.54 Å². The SMILES string of the molecule is Cc1cc(NC(C)(C)CO)nc(NN)n1. The molecule has 0 saturated heterocycles. The molecule has 6 heteroatoms. The molecule has 0 bridgehead atoms. The average molecular weight is 211 g/mol. The van der Waals surface area contributed by atoms with E-state index in [9.17, 15) is 0 Å². The highest BCUT2D eigenvalue weighted by Crippen LogP contribution is 2.14. The summed E-state index contributed by atoms with van der Waals surface area (Å²) in [6, 6.07) is 1.79. The number of anilines is 2. The van der Waals surface area contributed by atoms with Gasteiger partial charge in [0.2, 0.25) is 5.95 Å². The molecule has 0 aromatic carbocycles. The largest absolute Gasteiger partial charge is 0.394 e. The molecule has 0 unspecified atom stereocenters. The van der Waals surface area contributed by atoms with E-state index >= 15 is 0 Å². The Kier molecular flexibility index (Phi) is 3.43. The van der Waals surface area contributed by atoms with Crippen LogP contribution in [0.5, 0.6) is 0 Å². The van der Waals surface area contributed by atoms with Gasteiger partial charge in [0.15, 0.2) is 0 Å². The normalized spacial score (nSPS) is 11.3. The van der Waals surface area contributed by atoms with Gasteiger partial charge in [-0.15, -0.1) is 0 Å². The van der Waals surface area contributed by atoms with Crippen molar-refractivity contribution in [2.75, 3.05) is 17.3 Å². The van der Waals surface area contributed by atoms with Crippen molar-refractivity contribution in [3.63, 3.8) is 0 Å². The molecule has 84 valence electrons. The Morgan fingerprint density at radius 3 is 2.67 bits per heavy atom. The number of aryl methyl sites for hydroxylation is 1. The van der Waals surface area contributed by atoms with Crippen LogP contribution in [0.25, 0.3) is 0 Å². The predicted molar refractivity (Wildman–Crippen MR) is 59.4 cm³/mol. The number of rotatable bonds is 4. The van der Waals surface area contributed by atoms with Crippen molar-refractivity contribution < 1.29 is 5.11 Å². The molecule has 0 amide bonds. The molecule has 1 heterocycles. The molecule has 1 aromatic heterocycles. The number of hydrazine groups is 1. The van der Waals surface area contributed by atoms with Gasteiger partial charge in [0.25, 0.3) is 0 Å². The summed E-state index contributed by atoms with van der Waals surface area (Å²) < 4.78 is 0. The second kappa shape index (κ2) is 4.41. The third-order valence-electron chi connectivity index (χ3n) is 1.85. The zero-order chi connectivity index (χ0) is 11.5. The molecule has 0 spiro atoms. The molecule has 0 radical (unpaired) electrons. The van der Waals surface area contributed by atoms with Crippen LogP contribution in [0.2, 0.25) is 0 Å². The lowest BCUT2D eigenvalue weighted by molar-refractivity contribution is 0.234. The van der Waals surface area contributed by atoms with Gasteiger partial charge in [0, 0.05) is 11.8 Å². The summed E-state index contributed by atoms with van der Waals surface area (Å²) >= 11 is 0. The minimum absolute atomic E-state index is 0.0153. The summed E-state index contributed by atoms with van der Waals surface area (Å²) in [5.41, 5.74) is 2.76. The van der Waals surface area contributed by atoms with Crippen molar-refractivity contribution in [1.29, 1.82) is 0 Å². The first-order valence-corrected chi connectivity index (χ1v) is 4.68. The van der Waals surface area contributed by atoms with Gasteiger partial charge < -0.3 is 10.4 Å². The van der Waals surface area contributed by atoms with Crippen molar-refractivity contribution in [1.82, 2.24) is 9.97 Å². The summed E-state index contributed by atoms with van der Waals surface area (Å²) in [4.78, 5) is 8.17. The van der Waals surface area contributed by atoms with Gasteiger partial charge in [-0.1, -0.05) is 0 Å². The van der Waals surface area contributed by atoms with E-state index in [1.54, 1.807) is 6.07 Å². The second-order valence-electron chi connectivity index (χ2n) is 4.03. The minimum atomic E-state index is -0.424. The molecule has 0 aliphatic carbocycles. The van der Waals surface area contributed by atoms with E-state index in [1.165, 1.54) is 0 Å². The third kappa shape index (κ3) is 3.34. The first-order valence-electron chi connectivity index (χ1n) is 4.68. The summed E-state index contributed by atoms with van der Waals surface area (Å²) in [5, 5.41) is 12.2. The maximum Gasteiger partial charge on any atom is 0.239 e. The summed E-state index contributed by atoms with van der Waals surface area (Å²) in [7, 11) is 0. The molecule has 5 N–H and O–H groups in total. The lowest BCUT2D eigenvalue weighted by Crippen LogP contribution is -2.35. The summed E-state index contributed by atoms with van der Waals surface area (Å²) in [6.45, 7) is 5.61. The van der Waals surface area contributed by atoms with Gasteiger partial charge in [0.1, 0.15) is 5.82 Å². The minimum Gasteiger partial charge on any atom is -0.394 e. The summed E-state index contributed by atoms with van der Waals surface area (Å²) in [5.74, 6) is 6.22. The van der Waals surface area contributed by atoms with E-state index in [2.05, 4.69) is 20.7 Å². The number of aliphatic hydroxyl groups excluding tert-OH is 1. The van der Waals surface area contributed by atoms with Crippen molar-refractivity contribution in [3.8, 4) is 0 Å². The molecule has 15 heavy (non-hydrogen) atoms. The fourth-order valence-electron chi connectivity index (χ4n) is 1.08. The van der Waals surface area contributed by atoms with Crippen LogP contribution < -0.4 is 16.6 Å². The molecule has 1 aromatic rings. The standard InChI is InChI=1S/C9H17N5O/c1-6-4-7(12-8(11-6)14-10)13-9(2,3)5-15/h4,15H,5,10H2,1-3H3,(H2,11,12,13,14). The van der Waals surface area contributed by atoms with Crippen LogP contribution in [-0.4, -0.2) is 27.2 Å². The van der Waals surface area contributed by atoms with Crippen LogP contribution >= 0.6 is 0 Å². The monoisotopic (exact) mass is 211 g/mol. The predicted octanol–water partition coefficient (Wildman–Crippen LogP) is 0.253. The first-order chi connectivity index (χ1) is 6.96. The fourth-order valence-corrected chi connectivity index (χ4v) is 1.08. The zero-order valence-electron chi connectivity index (χ0n) is 9.20. The van der Waals surface area contributed by atoms with Crippen LogP contribution in [0.1, 0.15) is 19.5 Å². The van der Waals surface area contributed by atoms with Gasteiger partial charge in [-0.05, 0) is 20.8 Å². The third-order valence-corrected chi connectivity index (χ3v) is 1.85. The topological polar surface area (TPSA) is 96.1 Å². The number of aliphatic hydroxyl groups is 1. The van der Waals surface area contributed by atoms with Gasteiger partial charge >= 0.3 is 0 Å². The Labute approximate surface area is 88.9 Å². The number of nitrogens with zero attached hydrogens (tertiary/aromatic N) is 2. The van der Waals surface area contributed by atoms with Crippen molar-refractivity contribution >= 4 is 11.8 Å². The molecular weight excluding hydrogens is 194 g/mol. The van der Waals surface area contributed by atoms with E-state index in [1.807, 2.05) is 20.8 Å². The lowest BCUT2D eigenvalue weighted by Gasteiger charge is -2.24. The Morgan fingerprint density at radius 2 is 2.13 bits per heavy atom. The van der Waals surface area contributed by atoms with Gasteiger partial charge in [0.05, 0.1) is 12.1 Å². The number of hydrogen-bond donors (Lipinski definition) is 4. The van der Waals surface area contributed by atoms with E-state index in [0.717, 1.165) is 5.69 Å². The van der Waals surface area contributed by atoms with Crippen LogP contribution in [0.3, 0.4) is 0 Å². The van der Waals surface area contributed by atoms with E-state index in [0.29, 0.717) is 11.8 Å². The van der Waals surface area contributed by atoms with Gasteiger partial charge in [-0.2, -0.15) is 4.98 Å². The number of nitrogens with two attached hydrogens (primary N) is 1. The Morgan fingerprint density at radius 1 is 1.47 bits per heavy atom. The number of nitrogen functional groups attached to an aromatic ring is 1. The van der Waals surface area contributed by atoms with Gasteiger partial charge in [-0.25, -0.2) is 10.8 Å². The maximum absolute atomic E-state index is 9.10. The number of nitrogens with one attached hydrogen (secondary N) is 2. The Bertz CT molecular complexity index is 339. The number of hydrogen-bond acceptors (Lipinski definition) is 6. The molecule has 0 atom stereocenters. The Balaban J connectivity index is 2.90. The highest BCUT2D eigenvalue weighted by Gasteiger charge is 2.16. The highest BCUT2D eigenvalue weighted by molar-refractivity contribution is 5.43. The number of aromatic nitrogens is 2. The van der Waals surface area contributed by atoms with E-state index in [4.69, 9.17) is 10.9 Å². The molecule has 6 nitrogen and oxygen atoms in total. The van der Waals surface area contributed by atoms with Crippen molar-refractivity contribution in [2.45, 2.75) is 26.3 Å². The van der Waals surface area contributed by atoms with Crippen LogP contribution in [-0.2, 0) is 0 Å². The molecule has 0 fully saturated rings. The molecular formula is C9H17N5O. The quantitative estimate of drug-likeness (QED) is 0.421. The van der Waals surface area contributed by atoms with Crippen LogP contribution in [0.15, 0.2) is 6.07 Å². The molecule has 0 aliphatic heterocycles. The van der Waals surface area contributed by atoms with Crippen molar-refractivity contribution in [3.05, 3.63) is 11.8 Å². The Hall–Kier alpha value is -1.40. The van der Waals surface area contributed by atoms with Gasteiger partial charge in [-0.3, -0.25) is 5.43 Å². The van der Waals surface area contributed by atoms with Crippen molar-refractivity contribution in [2.24, 2.45) is 5.84 Å². The van der Waals surface area contributed by atoms with Crippen LogP contribution in [0.4, 0.5) is 11.8 Å². The highest BCUT2D eigenvalue weighted by atomic mass is 16.3. The fraction of sp³-hybridized carbons (Fsp3) is 0.556. The zero-order valence-corrected chi connectivity index (χ0v) is 9.20. The molecule has 0 aliphatic rings. The first kappa shape index (κ1) is 11.7.